The third-order valence-electron chi connectivity index (χ3n) is 4.58. The molecule has 0 radical (unpaired) electrons. The Labute approximate surface area is 164 Å². The number of benzene rings is 2. The van der Waals surface area contributed by atoms with Crippen molar-refractivity contribution in [2.75, 3.05) is 32.8 Å². The Morgan fingerprint density at radius 3 is 2.48 bits per heavy atom. The van der Waals surface area contributed by atoms with Gasteiger partial charge in [-0.3, -0.25) is 4.90 Å². The van der Waals surface area contributed by atoms with Crippen LogP contribution in [0.1, 0.15) is 17.2 Å². The Kier molecular flexibility index (Phi) is 6.49. The molecule has 0 amide bonds. The summed E-state index contributed by atoms with van der Waals surface area (Å²) in [5, 5.41) is 0.187. The normalized spacial score (nSPS) is 17.0. The van der Waals surface area contributed by atoms with Crippen LogP contribution in [0.2, 0.25) is 5.02 Å². The van der Waals surface area contributed by atoms with Crippen LogP contribution >= 0.6 is 11.6 Å². The van der Waals surface area contributed by atoms with Gasteiger partial charge in [0.1, 0.15) is 10.7 Å². The van der Waals surface area contributed by atoms with E-state index in [1.165, 1.54) is 18.2 Å². The minimum atomic E-state index is -3.77. The van der Waals surface area contributed by atoms with Gasteiger partial charge in [-0.05, 0) is 42.3 Å². The van der Waals surface area contributed by atoms with E-state index in [9.17, 15) is 12.8 Å². The van der Waals surface area contributed by atoms with Gasteiger partial charge in [-0.2, -0.15) is 0 Å². The highest BCUT2D eigenvalue weighted by molar-refractivity contribution is 7.89. The molecule has 27 heavy (non-hydrogen) atoms. The van der Waals surface area contributed by atoms with Crippen LogP contribution in [0.25, 0.3) is 0 Å². The number of hydrogen-bond acceptors (Lipinski definition) is 4. The highest BCUT2D eigenvalue weighted by atomic mass is 35.5. The predicted octanol–water partition coefficient (Wildman–Crippen LogP) is 3.14. The average Bonchev–Trinajstić information content (AvgIpc) is 2.64. The van der Waals surface area contributed by atoms with Crippen molar-refractivity contribution in [1.82, 2.24) is 9.62 Å². The van der Waals surface area contributed by atoms with Gasteiger partial charge in [0.15, 0.2) is 0 Å². The summed E-state index contributed by atoms with van der Waals surface area (Å²) in [7, 11) is -3.77. The van der Waals surface area contributed by atoms with Crippen LogP contribution in [0, 0.1) is 12.7 Å². The molecule has 8 heteroatoms. The second-order valence-electron chi connectivity index (χ2n) is 6.50. The molecule has 1 saturated heterocycles. The van der Waals surface area contributed by atoms with E-state index in [1.807, 2.05) is 6.92 Å². The Bertz CT molecular complexity index is 884. The number of sulfonamides is 1. The standard InChI is InChI=1S/C19H22ClFN2O3S/c1-14-2-7-19(17(20)12-14)27(24,25)22-13-18(23-8-10-26-11-9-23)15-3-5-16(21)6-4-15/h2-7,12,18,22H,8-11,13H2,1H3. The zero-order chi connectivity index (χ0) is 19.4. The van der Waals surface area contributed by atoms with Crippen molar-refractivity contribution >= 4 is 21.6 Å². The van der Waals surface area contributed by atoms with E-state index >= 15 is 0 Å². The molecule has 1 heterocycles. The molecule has 146 valence electrons. The summed E-state index contributed by atoms with van der Waals surface area (Å²) in [5.74, 6) is -0.327. The number of hydrogen-bond donors (Lipinski definition) is 1. The number of nitrogens with one attached hydrogen (secondary N) is 1. The summed E-state index contributed by atoms with van der Waals surface area (Å²) >= 11 is 6.12. The van der Waals surface area contributed by atoms with Gasteiger partial charge >= 0.3 is 0 Å². The van der Waals surface area contributed by atoms with Crippen LogP contribution in [0.5, 0.6) is 0 Å². The monoisotopic (exact) mass is 412 g/mol. The second-order valence-corrected chi connectivity index (χ2v) is 8.64. The summed E-state index contributed by atoms with van der Waals surface area (Å²) in [6, 6.07) is 10.7. The lowest BCUT2D eigenvalue weighted by Gasteiger charge is -2.35. The number of rotatable bonds is 6. The van der Waals surface area contributed by atoms with Crippen molar-refractivity contribution < 1.29 is 17.5 Å². The fraction of sp³-hybridized carbons (Fsp3) is 0.368. The lowest BCUT2D eigenvalue weighted by Crippen LogP contribution is -2.43. The summed E-state index contributed by atoms with van der Waals surface area (Å²) in [6.45, 7) is 4.50. The Hall–Kier alpha value is -1.51. The minimum Gasteiger partial charge on any atom is -0.379 e. The molecule has 1 fully saturated rings. The van der Waals surface area contributed by atoms with Crippen molar-refractivity contribution in [1.29, 1.82) is 0 Å². The fourth-order valence-corrected chi connectivity index (χ4v) is 4.76. The number of nitrogens with zero attached hydrogens (tertiary/aromatic N) is 1. The number of morpholine rings is 1. The zero-order valence-corrected chi connectivity index (χ0v) is 16.6. The van der Waals surface area contributed by atoms with E-state index < -0.39 is 10.0 Å². The maximum Gasteiger partial charge on any atom is 0.242 e. The van der Waals surface area contributed by atoms with E-state index in [1.54, 1.807) is 24.3 Å². The molecule has 3 rings (SSSR count). The molecular formula is C19H22ClFN2O3S. The van der Waals surface area contributed by atoms with E-state index in [-0.39, 0.29) is 28.3 Å². The van der Waals surface area contributed by atoms with Crippen molar-refractivity contribution in [2.24, 2.45) is 0 Å². The third-order valence-corrected chi connectivity index (χ3v) is 6.49. The Morgan fingerprint density at radius 1 is 1.19 bits per heavy atom. The maximum atomic E-state index is 13.3. The van der Waals surface area contributed by atoms with Crippen molar-refractivity contribution in [3.63, 3.8) is 0 Å². The molecular weight excluding hydrogens is 391 g/mol. The zero-order valence-electron chi connectivity index (χ0n) is 15.0. The molecule has 1 aliphatic rings. The number of halogens is 2. The van der Waals surface area contributed by atoms with Gasteiger partial charge in [-0.15, -0.1) is 0 Å². The second kappa shape index (κ2) is 8.67. The van der Waals surface area contributed by atoms with Crippen molar-refractivity contribution in [2.45, 2.75) is 17.9 Å². The highest BCUT2D eigenvalue weighted by Gasteiger charge is 2.26. The van der Waals surface area contributed by atoms with Crippen LogP contribution in [0.15, 0.2) is 47.4 Å². The molecule has 1 N–H and O–H groups in total. The van der Waals surface area contributed by atoms with Gasteiger partial charge in [0.05, 0.1) is 18.2 Å². The van der Waals surface area contributed by atoms with Crippen molar-refractivity contribution in [3.8, 4) is 0 Å². The summed E-state index contributed by atoms with van der Waals surface area (Å²) < 4.78 is 46.8. The van der Waals surface area contributed by atoms with Crippen LogP contribution in [0.3, 0.4) is 0 Å². The molecule has 0 aromatic heterocycles. The Balaban J connectivity index is 1.82. The SMILES string of the molecule is Cc1ccc(S(=O)(=O)NCC(c2ccc(F)cc2)N2CCOCC2)c(Cl)c1. The number of aryl methyl sites for hydroxylation is 1. The lowest BCUT2D eigenvalue weighted by molar-refractivity contribution is 0.0172. The van der Waals surface area contributed by atoms with Gasteiger partial charge in [-0.25, -0.2) is 17.5 Å². The van der Waals surface area contributed by atoms with Crippen LogP contribution in [0.4, 0.5) is 4.39 Å². The molecule has 2 aromatic carbocycles. The topological polar surface area (TPSA) is 58.6 Å². The molecule has 0 spiro atoms. The van der Waals surface area contributed by atoms with Gasteiger partial charge in [0.25, 0.3) is 0 Å². The van der Waals surface area contributed by atoms with E-state index in [2.05, 4.69) is 9.62 Å². The first-order chi connectivity index (χ1) is 12.9. The molecule has 1 atom stereocenters. The quantitative estimate of drug-likeness (QED) is 0.791. The molecule has 1 unspecified atom stereocenters. The first-order valence-corrected chi connectivity index (χ1v) is 10.6. The largest absolute Gasteiger partial charge is 0.379 e. The predicted molar refractivity (Wildman–Crippen MR) is 103 cm³/mol. The highest BCUT2D eigenvalue weighted by Crippen LogP contribution is 2.25. The van der Waals surface area contributed by atoms with Gasteiger partial charge in [-0.1, -0.05) is 29.8 Å². The maximum absolute atomic E-state index is 13.3. The molecule has 0 saturated carbocycles. The van der Waals surface area contributed by atoms with Crippen LogP contribution in [-0.4, -0.2) is 46.2 Å². The molecule has 0 bridgehead atoms. The van der Waals surface area contributed by atoms with Crippen LogP contribution in [-0.2, 0) is 14.8 Å². The van der Waals surface area contributed by atoms with Gasteiger partial charge in [0.2, 0.25) is 10.0 Å². The molecule has 1 aliphatic heterocycles. The van der Waals surface area contributed by atoms with Crippen LogP contribution < -0.4 is 4.72 Å². The van der Waals surface area contributed by atoms with E-state index in [0.717, 1.165) is 11.1 Å². The smallest absolute Gasteiger partial charge is 0.242 e. The molecule has 0 aliphatic carbocycles. The van der Waals surface area contributed by atoms with Gasteiger partial charge in [0, 0.05) is 25.7 Å². The Morgan fingerprint density at radius 2 is 1.85 bits per heavy atom. The first-order valence-electron chi connectivity index (χ1n) is 8.70. The fourth-order valence-electron chi connectivity index (χ4n) is 3.12. The molecule has 2 aromatic rings. The van der Waals surface area contributed by atoms with Crippen molar-refractivity contribution in [3.05, 3.63) is 64.4 Å². The summed E-state index contributed by atoms with van der Waals surface area (Å²) in [6.07, 6.45) is 0. The van der Waals surface area contributed by atoms with Gasteiger partial charge < -0.3 is 4.74 Å². The summed E-state index contributed by atoms with van der Waals surface area (Å²) in [4.78, 5) is 2.19. The lowest BCUT2D eigenvalue weighted by atomic mass is 10.0. The number of ether oxygens (including phenoxy) is 1. The third kappa shape index (κ3) is 5.06. The molecule has 5 nitrogen and oxygen atoms in total. The first kappa shape index (κ1) is 20.2. The van der Waals surface area contributed by atoms with E-state index in [0.29, 0.717) is 26.3 Å². The van der Waals surface area contributed by atoms with E-state index in [4.69, 9.17) is 16.3 Å². The minimum absolute atomic E-state index is 0.0506. The average molecular weight is 413 g/mol. The summed E-state index contributed by atoms with van der Waals surface area (Å²) in [5.41, 5.74) is 1.73.